The molecule has 6 nitrogen and oxygen atoms in total. The fourth-order valence-electron chi connectivity index (χ4n) is 2.91. The van der Waals surface area contributed by atoms with E-state index in [0.717, 1.165) is 12.8 Å². The van der Waals surface area contributed by atoms with Crippen LogP contribution in [0.25, 0.3) is 0 Å². The molecule has 2 N–H and O–H groups in total. The second-order valence-corrected chi connectivity index (χ2v) is 5.67. The predicted octanol–water partition coefficient (Wildman–Crippen LogP) is 1.59. The highest BCUT2D eigenvalue weighted by atomic mass is 16.5. The van der Waals surface area contributed by atoms with Crippen LogP contribution in [-0.4, -0.2) is 53.8 Å². The number of carbonyl (C=O) groups is 2. The number of urea groups is 1. The number of ether oxygens (including phenoxy) is 1. The Hall–Kier alpha value is -1.30. The third-order valence-corrected chi connectivity index (χ3v) is 4.01. The Morgan fingerprint density at radius 3 is 2.55 bits per heavy atom. The van der Waals surface area contributed by atoms with Gasteiger partial charge in [0.25, 0.3) is 0 Å². The number of amides is 2. The van der Waals surface area contributed by atoms with E-state index in [9.17, 15) is 9.59 Å². The highest BCUT2D eigenvalue weighted by Crippen LogP contribution is 2.18. The van der Waals surface area contributed by atoms with Crippen molar-refractivity contribution in [2.45, 2.75) is 57.1 Å². The summed E-state index contributed by atoms with van der Waals surface area (Å²) in [6.45, 7) is 1.32. The fraction of sp³-hybridized carbons (Fsp3) is 0.857. The van der Waals surface area contributed by atoms with Gasteiger partial charge in [-0.1, -0.05) is 25.7 Å². The number of aliphatic carboxylic acids is 1. The Morgan fingerprint density at radius 1 is 1.20 bits per heavy atom. The van der Waals surface area contributed by atoms with Gasteiger partial charge in [-0.3, -0.25) is 4.79 Å². The zero-order valence-electron chi connectivity index (χ0n) is 11.8. The number of nitrogens with one attached hydrogen (secondary N) is 1. The molecule has 0 bridgehead atoms. The largest absolute Gasteiger partial charge is 0.481 e. The van der Waals surface area contributed by atoms with Gasteiger partial charge in [0.15, 0.2) is 0 Å². The molecule has 2 aliphatic rings. The summed E-state index contributed by atoms with van der Waals surface area (Å²) in [5.74, 6) is -0.888. The van der Waals surface area contributed by atoms with Gasteiger partial charge in [0.2, 0.25) is 0 Å². The summed E-state index contributed by atoms with van der Waals surface area (Å²) < 4.78 is 5.38. The van der Waals surface area contributed by atoms with Crippen molar-refractivity contribution in [3.63, 3.8) is 0 Å². The number of carbonyl (C=O) groups excluding carboxylic acids is 1. The van der Waals surface area contributed by atoms with Crippen molar-refractivity contribution < 1.29 is 19.4 Å². The molecule has 0 radical (unpaired) electrons. The summed E-state index contributed by atoms with van der Waals surface area (Å²) in [5.41, 5.74) is 0. The number of carboxylic acid groups (broad SMARTS) is 1. The average molecular weight is 284 g/mol. The van der Waals surface area contributed by atoms with E-state index in [2.05, 4.69) is 5.32 Å². The van der Waals surface area contributed by atoms with E-state index >= 15 is 0 Å². The Morgan fingerprint density at radius 2 is 1.90 bits per heavy atom. The van der Waals surface area contributed by atoms with E-state index in [0.29, 0.717) is 19.7 Å². The minimum absolute atomic E-state index is 0.0484. The van der Waals surface area contributed by atoms with Crippen LogP contribution < -0.4 is 5.32 Å². The predicted molar refractivity (Wildman–Crippen MR) is 73.6 cm³/mol. The van der Waals surface area contributed by atoms with Gasteiger partial charge in [-0.05, 0) is 12.8 Å². The molecule has 0 aromatic heterocycles. The molecule has 1 heterocycles. The molecule has 2 amide bonds. The number of hydrogen-bond acceptors (Lipinski definition) is 3. The molecule has 2 fully saturated rings. The first-order valence-corrected chi connectivity index (χ1v) is 7.54. The Kier molecular flexibility index (Phi) is 5.64. The fourth-order valence-corrected chi connectivity index (χ4v) is 2.91. The molecule has 1 unspecified atom stereocenters. The lowest BCUT2D eigenvalue weighted by molar-refractivity contribution is -0.141. The third-order valence-electron chi connectivity index (χ3n) is 4.01. The highest BCUT2D eigenvalue weighted by Gasteiger charge is 2.27. The van der Waals surface area contributed by atoms with Crippen LogP contribution >= 0.6 is 0 Å². The van der Waals surface area contributed by atoms with E-state index in [-0.39, 0.29) is 24.6 Å². The van der Waals surface area contributed by atoms with Crippen LogP contribution in [0, 0.1) is 0 Å². The van der Waals surface area contributed by atoms with Crippen LogP contribution in [0.4, 0.5) is 4.79 Å². The van der Waals surface area contributed by atoms with Crippen LogP contribution in [-0.2, 0) is 9.53 Å². The molecular weight excluding hydrogens is 260 g/mol. The van der Waals surface area contributed by atoms with Gasteiger partial charge in [-0.15, -0.1) is 0 Å². The monoisotopic (exact) mass is 284 g/mol. The minimum atomic E-state index is -0.888. The number of carboxylic acids is 1. The van der Waals surface area contributed by atoms with Gasteiger partial charge in [0.1, 0.15) is 0 Å². The molecule has 0 aromatic rings. The van der Waals surface area contributed by atoms with Crippen LogP contribution in [0.1, 0.15) is 44.9 Å². The molecule has 0 spiro atoms. The first-order chi connectivity index (χ1) is 9.65. The second kappa shape index (κ2) is 7.47. The van der Waals surface area contributed by atoms with Crippen molar-refractivity contribution in [2.24, 2.45) is 0 Å². The van der Waals surface area contributed by atoms with Crippen molar-refractivity contribution in [3.8, 4) is 0 Å². The van der Waals surface area contributed by atoms with E-state index < -0.39 is 5.97 Å². The maximum atomic E-state index is 12.2. The number of hydrogen-bond donors (Lipinski definition) is 2. The molecular formula is C14H24N2O4. The average Bonchev–Trinajstić information content (AvgIpc) is 2.67. The second-order valence-electron chi connectivity index (χ2n) is 5.67. The standard InChI is InChI=1S/C14H24N2O4/c17-13(18)9-12-10-16(7-8-20-12)14(19)15-11-5-3-1-2-4-6-11/h11-12H,1-10H2,(H,15,19)(H,17,18). The van der Waals surface area contributed by atoms with Crippen LogP contribution in [0.2, 0.25) is 0 Å². The van der Waals surface area contributed by atoms with Gasteiger partial charge in [0.05, 0.1) is 19.1 Å². The molecule has 1 saturated heterocycles. The topological polar surface area (TPSA) is 78.9 Å². The highest BCUT2D eigenvalue weighted by molar-refractivity contribution is 5.75. The van der Waals surface area contributed by atoms with Gasteiger partial charge in [-0.2, -0.15) is 0 Å². The van der Waals surface area contributed by atoms with Crippen molar-refractivity contribution >= 4 is 12.0 Å². The molecule has 0 aromatic carbocycles. The quantitative estimate of drug-likeness (QED) is 0.771. The van der Waals surface area contributed by atoms with Crippen LogP contribution in [0.15, 0.2) is 0 Å². The number of morpholine rings is 1. The van der Waals surface area contributed by atoms with E-state index in [1.54, 1.807) is 4.90 Å². The lowest BCUT2D eigenvalue weighted by atomic mass is 10.1. The lowest BCUT2D eigenvalue weighted by Crippen LogP contribution is -2.52. The summed E-state index contributed by atoms with van der Waals surface area (Å²) in [6.07, 6.45) is 6.53. The van der Waals surface area contributed by atoms with E-state index in [1.807, 2.05) is 0 Å². The van der Waals surface area contributed by atoms with Crippen LogP contribution in [0.3, 0.4) is 0 Å². The summed E-state index contributed by atoms with van der Waals surface area (Å²) in [6, 6.07) is 0.196. The van der Waals surface area contributed by atoms with Gasteiger partial charge in [-0.25, -0.2) is 4.79 Å². The first kappa shape index (κ1) is 15.1. The lowest BCUT2D eigenvalue weighted by Gasteiger charge is -2.33. The molecule has 20 heavy (non-hydrogen) atoms. The van der Waals surface area contributed by atoms with Crippen molar-refractivity contribution in [1.82, 2.24) is 10.2 Å². The minimum Gasteiger partial charge on any atom is -0.481 e. The molecule has 1 saturated carbocycles. The van der Waals surface area contributed by atoms with Crippen molar-refractivity contribution in [2.75, 3.05) is 19.7 Å². The smallest absolute Gasteiger partial charge is 0.317 e. The van der Waals surface area contributed by atoms with Gasteiger partial charge < -0.3 is 20.1 Å². The van der Waals surface area contributed by atoms with E-state index in [1.165, 1.54) is 25.7 Å². The summed E-state index contributed by atoms with van der Waals surface area (Å²) in [7, 11) is 0. The Balaban J connectivity index is 1.80. The molecule has 1 atom stereocenters. The summed E-state index contributed by atoms with van der Waals surface area (Å²) >= 11 is 0. The van der Waals surface area contributed by atoms with E-state index in [4.69, 9.17) is 9.84 Å². The normalized spacial score (nSPS) is 25.0. The first-order valence-electron chi connectivity index (χ1n) is 7.54. The maximum absolute atomic E-state index is 12.2. The Bertz CT molecular complexity index is 340. The van der Waals surface area contributed by atoms with Crippen molar-refractivity contribution in [1.29, 1.82) is 0 Å². The zero-order chi connectivity index (χ0) is 14.4. The third kappa shape index (κ3) is 4.67. The van der Waals surface area contributed by atoms with Crippen molar-refractivity contribution in [3.05, 3.63) is 0 Å². The van der Waals surface area contributed by atoms with Gasteiger partial charge in [0, 0.05) is 19.1 Å². The summed E-state index contributed by atoms with van der Waals surface area (Å²) in [4.78, 5) is 24.6. The molecule has 1 aliphatic heterocycles. The number of rotatable bonds is 3. The maximum Gasteiger partial charge on any atom is 0.317 e. The molecule has 2 rings (SSSR count). The zero-order valence-corrected chi connectivity index (χ0v) is 11.8. The van der Waals surface area contributed by atoms with Gasteiger partial charge >= 0.3 is 12.0 Å². The SMILES string of the molecule is O=C(O)CC1CN(C(=O)NC2CCCCCC2)CCO1. The number of nitrogens with zero attached hydrogens (tertiary/aromatic N) is 1. The Labute approximate surface area is 119 Å². The summed E-state index contributed by atoms with van der Waals surface area (Å²) in [5, 5.41) is 11.9. The molecule has 114 valence electrons. The van der Waals surface area contributed by atoms with Crippen LogP contribution in [0.5, 0.6) is 0 Å². The molecule has 1 aliphatic carbocycles. The molecule has 6 heteroatoms.